The quantitative estimate of drug-likeness (QED) is 0.387. The lowest BCUT2D eigenvalue weighted by atomic mass is 10.0. The molecule has 7 heteroatoms. The second-order valence-electron chi connectivity index (χ2n) is 7.85. The summed E-state index contributed by atoms with van der Waals surface area (Å²) in [4.78, 5) is 35.8. The van der Waals surface area contributed by atoms with Gasteiger partial charge in [0.1, 0.15) is 19.2 Å². The Bertz CT molecular complexity index is 1180. The summed E-state index contributed by atoms with van der Waals surface area (Å²) in [5.41, 5.74) is 6.41. The zero-order valence-corrected chi connectivity index (χ0v) is 17.9. The van der Waals surface area contributed by atoms with E-state index in [1.807, 2.05) is 30.3 Å². The maximum absolute atomic E-state index is 12.2. The topological polar surface area (TPSA) is 105 Å². The zero-order valence-electron chi connectivity index (χ0n) is 17.9. The number of aliphatic carboxylic acids is 1. The largest absolute Gasteiger partial charge is 0.480 e. The number of hydrogen-bond donors (Lipinski definition) is 3. The van der Waals surface area contributed by atoms with E-state index in [9.17, 15) is 19.5 Å². The number of nitrogens with one attached hydrogen (secondary N) is 2. The first-order valence-corrected chi connectivity index (χ1v) is 10.7. The summed E-state index contributed by atoms with van der Waals surface area (Å²) in [5.74, 6) is -1.75. The van der Waals surface area contributed by atoms with Crippen LogP contribution in [-0.2, 0) is 33.8 Å². The molecule has 1 unspecified atom stereocenters. The van der Waals surface area contributed by atoms with E-state index in [4.69, 9.17) is 4.74 Å². The Labute approximate surface area is 191 Å². The van der Waals surface area contributed by atoms with Crippen molar-refractivity contribution in [3.05, 3.63) is 95.1 Å². The molecule has 0 heterocycles. The third-order valence-electron chi connectivity index (χ3n) is 5.62. The molecule has 3 aromatic rings. The lowest BCUT2D eigenvalue weighted by Crippen LogP contribution is -2.46. The van der Waals surface area contributed by atoms with Crippen molar-refractivity contribution in [3.8, 4) is 11.1 Å². The molecule has 3 aromatic carbocycles. The van der Waals surface area contributed by atoms with Crippen molar-refractivity contribution in [2.45, 2.75) is 25.5 Å². The molecule has 168 valence electrons. The van der Waals surface area contributed by atoms with Crippen LogP contribution in [0.1, 0.15) is 22.3 Å². The van der Waals surface area contributed by atoms with E-state index in [1.54, 1.807) is 24.3 Å². The Morgan fingerprint density at radius 1 is 0.909 bits per heavy atom. The molecule has 0 bridgehead atoms. The standard InChI is InChI=1S/C26H24N2O5/c29-24(28-23(25(30)31)13-17-7-2-1-3-8-17)15-27-26(32)33-16-19-10-6-12-21-20-11-5-4-9-18(20)14-22(19)21/h1-12,23H,13-16H2,(H,27,32)(H,28,29)(H,30,31). The number of fused-ring (bicyclic) bond motifs is 3. The fourth-order valence-electron chi connectivity index (χ4n) is 4.00. The van der Waals surface area contributed by atoms with E-state index in [-0.39, 0.29) is 19.6 Å². The normalized spacial score (nSPS) is 12.2. The van der Waals surface area contributed by atoms with E-state index < -0.39 is 24.0 Å². The average molecular weight is 444 g/mol. The number of ether oxygens (including phenoxy) is 1. The number of hydrogen-bond acceptors (Lipinski definition) is 4. The van der Waals surface area contributed by atoms with Gasteiger partial charge in [0.2, 0.25) is 5.91 Å². The van der Waals surface area contributed by atoms with Gasteiger partial charge >= 0.3 is 12.1 Å². The number of carbonyl (C=O) groups is 3. The first kappa shape index (κ1) is 22.1. The van der Waals surface area contributed by atoms with Crippen molar-refractivity contribution in [3.63, 3.8) is 0 Å². The molecule has 0 saturated heterocycles. The second-order valence-corrected chi connectivity index (χ2v) is 7.85. The third kappa shape index (κ3) is 5.38. The molecule has 0 aliphatic heterocycles. The Kier molecular flexibility index (Phi) is 6.69. The molecule has 4 rings (SSSR count). The molecule has 1 aliphatic carbocycles. The van der Waals surface area contributed by atoms with Crippen LogP contribution in [0.3, 0.4) is 0 Å². The van der Waals surface area contributed by atoms with Gasteiger partial charge in [-0.05, 0) is 39.8 Å². The highest BCUT2D eigenvalue weighted by Crippen LogP contribution is 2.38. The highest BCUT2D eigenvalue weighted by Gasteiger charge is 2.22. The van der Waals surface area contributed by atoms with Crippen LogP contribution < -0.4 is 10.6 Å². The molecular formula is C26H24N2O5. The van der Waals surface area contributed by atoms with Gasteiger partial charge in [-0.15, -0.1) is 0 Å². The van der Waals surface area contributed by atoms with Crippen molar-refractivity contribution >= 4 is 18.0 Å². The van der Waals surface area contributed by atoms with E-state index in [1.165, 1.54) is 11.1 Å². The van der Waals surface area contributed by atoms with Crippen molar-refractivity contribution in [1.29, 1.82) is 0 Å². The van der Waals surface area contributed by atoms with Gasteiger partial charge in [0.15, 0.2) is 0 Å². The highest BCUT2D eigenvalue weighted by molar-refractivity contribution is 5.86. The Morgan fingerprint density at radius 3 is 2.42 bits per heavy atom. The van der Waals surface area contributed by atoms with Gasteiger partial charge in [0, 0.05) is 6.42 Å². The summed E-state index contributed by atoms with van der Waals surface area (Å²) >= 11 is 0. The number of amides is 2. The molecule has 1 atom stereocenters. The maximum Gasteiger partial charge on any atom is 0.407 e. The van der Waals surface area contributed by atoms with Crippen LogP contribution >= 0.6 is 0 Å². The predicted molar refractivity (Wildman–Crippen MR) is 123 cm³/mol. The minimum absolute atomic E-state index is 0.0797. The first-order chi connectivity index (χ1) is 16.0. The Hall–Kier alpha value is -4.13. The highest BCUT2D eigenvalue weighted by atomic mass is 16.5. The van der Waals surface area contributed by atoms with Crippen LogP contribution in [0.2, 0.25) is 0 Å². The van der Waals surface area contributed by atoms with Gasteiger partial charge in [-0.2, -0.15) is 0 Å². The minimum Gasteiger partial charge on any atom is -0.480 e. The number of carboxylic acid groups (broad SMARTS) is 1. The summed E-state index contributed by atoms with van der Waals surface area (Å²) < 4.78 is 5.30. The molecule has 2 amide bonds. The number of carbonyl (C=O) groups excluding carboxylic acids is 2. The number of carboxylic acids is 1. The van der Waals surface area contributed by atoms with Gasteiger partial charge in [-0.1, -0.05) is 72.8 Å². The molecule has 0 aromatic heterocycles. The van der Waals surface area contributed by atoms with Crippen LogP contribution in [0, 0.1) is 0 Å². The summed E-state index contributed by atoms with van der Waals surface area (Å²) in [6.45, 7) is -0.299. The van der Waals surface area contributed by atoms with Crippen molar-refractivity contribution in [1.82, 2.24) is 10.6 Å². The molecule has 0 fully saturated rings. The van der Waals surface area contributed by atoms with E-state index in [0.717, 1.165) is 28.7 Å². The van der Waals surface area contributed by atoms with E-state index in [2.05, 4.69) is 28.8 Å². The monoisotopic (exact) mass is 444 g/mol. The summed E-state index contributed by atoms with van der Waals surface area (Å²) in [6.07, 6.45) is 0.189. The first-order valence-electron chi connectivity index (χ1n) is 10.7. The maximum atomic E-state index is 12.2. The van der Waals surface area contributed by atoms with Crippen molar-refractivity contribution in [2.24, 2.45) is 0 Å². The predicted octanol–water partition coefficient (Wildman–Crippen LogP) is 3.30. The smallest absolute Gasteiger partial charge is 0.407 e. The summed E-state index contributed by atoms with van der Waals surface area (Å²) in [5, 5.41) is 14.2. The molecule has 0 radical (unpaired) electrons. The molecule has 33 heavy (non-hydrogen) atoms. The summed E-state index contributed by atoms with van der Waals surface area (Å²) in [6, 6.07) is 22.0. The van der Waals surface area contributed by atoms with Crippen LogP contribution in [0.25, 0.3) is 11.1 Å². The van der Waals surface area contributed by atoms with Gasteiger partial charge in [0.25, 0.3) is 0 Å². The average Bonchev–Trinajstić information content (AvgIpc) is 3.21. The lowest BCUT2D eigenvalue weighted by Gasteiger charge is -2.15. The molecule has 0 spiro atoms. The van der Waals surface area contributed by atoms with Gasteiger partial charge in [-0.25, -0.2) is 9.59 Å². The van der Waals surface area contributed by atoms with E-state index >= 15 is 0 Å². The zero-order chi connectivity index (χ0) is 23.2. The SMILES string of the molecule is O=C(CNC(=O)OCc1cccc2c1Cc1ccccc1-2)NC(Cc1ccccc1)C(=O)O. The van der Waals surface area contributed by atoms with Crippen LogP contribution in [0.5, 0.6) is 0 Å². The third-order valence-corrected chi connectivity index (χ3v) is 5.62. The minimum atomic E-state index is -1.14. The fourth-order valence-corrected chi connectivity index (χ4v) is 4.00. The Morgan fingerprint density at radius 2 is 1.64 bits per heavy atom. The second kappa shape index (κ2) is 9.99. The molecular weight excluding hydrogens is 420 g/mol. The number of benzene rings is 3. The van der Waals surface area contributed by atoms with Crippen LogP contribution in [0.4, 0.5) is 4.79 Å². The number of alkyl carbamates (subject to hydrolysis) is 1. The number of rotatable bonds is 8. The van der Waals surface area contributed by atoms with Crippen LogP contribution in [-0.4, -0.2) is 35.7 Å². The van der Waals surface area contributed by atoms with Gasteiger partial charge in [-0.3, -0.25) is 4.79 Å². The van der Waals surface area contributed by atoms with Crippen molar-refractivity contribution < 1.29 is 24.2 Å². The fraction of sp³-hybridized carbons (Fsp3) is 0.192. The summed E-state index contributed by atoms with van der Waals surface area (Å²) in [7, 11) is 0. The lowest BCUT2D eigenvalue weighted by molar-refractivity contribution is -0.141. The van der Waals surface area contributed by atoms with Crippen molar-refractivity contribution in [2.75, 3.05) is 6.54 Å². The molecule has 7 nitrogen and oxygen atoms in total. The van der Waals surface area contributed by atoms with E-state index in [0.29, 0.717) is 0 Å². The molecule has 1 aliphatic rings. The van der Waals surface area contributed by atoms with Crippen LogP contribution in [0.15, 0.2) is 72.8 Å². The van der Waals surface area contributed by atoms with Gasteiger partial charge < -0.3 is 20.5 Å². The molecule has 0 saturated carbocycles. The van der Waals surface area contributed by atoms with Gasteiger partial charge in [0.05, 0.1) is 0 Å². The molecule has 3 N–H and O–H groups in total. The Balaban J connectivity index is 1.27.